The molecule has 16 heavy (non-hydrogen) atoms. The van der Waals surface area contributed by atoms with Crippen LogP contribution in [0.5, 0.6) is 0 Å². The number of carbonyl (C=O) groups excluding carboxylic acids is 1. The number of halogens is 1. The van der Waals surface area contributed by atoms with Crippen molar-refractivity contribution in [3.63, 3.8) is 0 Å². The van der Waals surface area contributed by atoms with Gasteiger partial charge in [-0.1, -0.05) is 11.2 Å². The van der Waals surface area contributed by atoms with Crippen molar-refractivity contribution in [3.05, 3.63) is 34.1 Å². The van der Waals surface area contributed by atoms with Crippen LogP contribution in [0, 0.1) is 15.9 Å². The zero-order chi connectivity index (χ0) is 12.1. The number of nitro groups is 1. The van der Waals surface area contributed by atoms with Crippen LogP contribution in [-0.4, -0.2) is 22.3 Å². The van der Waals surface area contributed by atoms with Gasteiger partial charge in [0.2, 0.25) is 5.82 Å². The number of nitrogens with zero attached hydrogens (tertiary/aromatic N) is 2. The Hall–Kier alpha value is -2.51. The Morgan fingerprint density at radius 3 is 2.88 bits per heavy atom. The van der Waals surface area contributed by atoms with Crippen molar-refractivity contribution in [1.29, 1.82) is 0 Å². The highest BCUT2D eigenvalue weighted by Gasteiger charge is 2.20. The van der Waals surface area contributed by atoms with E-state index in [1.54, 1.807) is 0 Å². The number of amides is 1. The summed E-state index contributed by atoms with van der Waals surface area (Å²) in [6, 6.07) is 3.26. The highest BCUT2D eigenvalue weighted by atomic mass is 19.1. The molecule has 7 nitrogen and oxygen atoms in total. The van der Waals surface area contributed by atoms with Crippen molar-refractivity contribution in [2.24, 2.45) is 5.16 Å². The van der Waals surface area contributed by atoms with Gasteiger partial charge in [0.05, 0.1) is 4.92 Å². The van der Waals surface area contributed by atoms with E-state index in [1.807, 2.05) is 5.32 Å². The minimum absolute atomic E-state index is 0.310. The van der Waals surface area contributed by atoms with Crippen molar-refractivity contribution >= 4 is 23.5 Å². The standard InChI is InChI=1S/C8H6FN3O4/c9-5-2-1-3-6(8(5)12(15)16)11-7(13)4-10-14/h1-4,14H,(H,11,13). The molecular formula is C8H6FN3O4. The smallest absolute Gasteiger partial charge is 0.328 e. The lowest BCUT2D eigenvalue weighted by molar-refractivity contribution is -0.386. The molecule has 8 heteroatoms. The molecule has 0 heterocycles. The average molecular weight is 227 g/mol. The van der Waals surface area contributed by atoms with E-state index in [9.17, 15) is 19.3 Å². The maximum absolute atomic E-state index is 13.1. The maximum atomic E-state index is 13.1. The van der Waals surface area contributed by atoms with Crippen LogP contribution in [-0.2, 0) is 4.79 Å². The predicted octanol–water partition coefficient (Wildman–Crippen LogP) is 1.13. The van der Waals surface area contributed by atoms with Crippen molar-refractivity contribution in [2.45, 2.75) is 0 Å². The molecule has 2 N–H and O–H groups in total. The van der Waals surface area contributed by atoms with Gasteiger partial charge in [-0.05, 0) is 12.1 Å². The minimum atomic E-state index is -1.07. The minimum Gasteiger partial charge on any atom is -0.411 e. The molecule has 1 rings (SSSR count). The van der Waals surface area contributed by atoms with Gasteiger partial charge in [0.1, 0.15) is 11.9 Å². The second-order valence-electron chi connectivity index (χ2n) is 2.63. The molecule has 0 aliphatic carbocycles. The Kier molecular flexibility index (Phi) is 3.49. The van der Waals surface area contributed by atoms with Gasteiger partial charge in [-0.3, -0.25) is 14.9 Å². The van der Waals surface area contributed by atoms with E-state index in [-0.39, 0.29) is 5.69 Å². The molecule has 0 aliphatic rings. The molecule has 0 saturated heterocycles. The molecule has 0 aliphatic heterocycles. The first-order chi connectivity index (χ1) is 7.56. The number of rotatable bonds is 3. The molecule has 0 bridgehead atoms. The highest BCUT2D eigenvalue weighted by molar-refractivity contribution is 6.31. The van der Waals surface area contributed by atoms with Gasteiger partial charge in [-0.25, -0.2) is 0 Å². The van der Waals surface area contributed by atoms with Crippen molar-refractivity contribution in [2.75, 3.05) is 5.32 Å². The van der Waals surface area contributed by atoms with Gasteiger partial charge in [0.25, 0.3) is 5.91 Å². The average Bonchev–Trinajstić information content (AvgIpc) is 2.17. The van der Waals surface area contributed by atoms with Crippen LogP contribution in [0.2, 0.25) is 0 Å². The van der Waals surface area contributed by atoms with E-state index >= 15 is 0 Å². The summed E-state index contributed by atoms with van der Waals surface area (Å²) >= 11 is 0. The van der Waals surface area contributed by atoms with Gasteiger partial charge in [0, 0.05) is 0 Å². The van der Waals surface area contributed by atoms with Crippen LogP contribution in [0.4, 0.5) is 15.8 Å². The Bertz CT molecular complexity index is 461. The first-order valence-electron chi connectivity index (χ1n) is 3.97. The fraction of sp³-hybridized carbons (Fsp3) is 0. The van der Waals surface area contributed by atoms with Crippen LogP contribution < -0.4 is 5.32 Å². The van der Waals surface area contributed by atoms with Crippen molar-refractivity contribution < 1.29 is 19.3 Å². The van der Waals surface area contributed by atoms with E-state index in [2.05, 4.69) is 5.16 Å². The highest BCUT2D eigenvalue weighted by Crippen LogP contribution is 2.26. The summed E-state index contributed by atoms with van der Waals surface area (Å²) in [6.45, 7) is 0. The third-order valence-corrected chi connectivity index (χ3v) is 1.60. The zero-order valence-corrected chi connectivity index (χ0v) is 7.75. The third kappa shape index (κ3) is 2.50. The van der Waals surface area contributed by atoms with Gasteiger partial charge in [-0.2, -0.15) is 4.39 Å². The topological polar surface area (TPSA) is 105 Å². The fourth-order valence-corrected chi connectivity index (χ4v) is 1.02. The lowest BCUT2D eigenvalue weighted by Crippen LogP contribution is -2.14. The lowest BCUT2D eigenvalue weighted by atomic mass is 10.2. The Labute approximate surface area is 88.3 Å². The molecule has 84 valence electrons. The second kappa shape index (κ2) is 4.82. The summed E-state index contributed by atoms with van der Waals surface area (Å²) in [6.07, 6.45) is 0.495. The molecule has 1 aromatic rings. The van der Waals surface area contributed by atoms with Crippen LogP contribution in [0.1, 0.15) is 0 Å². The number of nitrogens with one attached hydrogen (secondary N) is 1. The van der Waals surface area contributed by atoms with E-state index in [0.717, 1.165) is 12.1 Å². The molecule has 0 aromatic heterocycles. The van der Waals surface area contributed by atoms with E-state index < -0.39 is 22.3 Å². The number of hydrogen-bond donors (Lipinski definition) is 2. The molecule has 0 atom stereocenters. The van der Waals surface area contributed by atoms with E-state index in [4.69, 9.17) is 5.21 Å². The molecule has 0 fully saturated rings. The maximum Gasteiger partial charge on any atom is 0.328 e. The number of oxime groups is 1. The summed E-state index contributed by atoms with van der Waals surface area (Å²) in [5, 5.41) is 23.0. The number of carbonyl (C=O) groups is 1. The summed E-state index contributed by atoms with van der Waals surface area (Å²) in [7, 11) is 0. The van der Waals surface area contributed by atoms with Gasteiger partial charge in [-0.15, -0.1) is 0 Å². The molecule has 0 spiro atoms. The van der Waals surface area contributed by atoms with Crippen molar-refractivity contribution in [1.82, 2.24) is 0 Å². The first kappa shape index (κ1) is 11.6. The van der Waals surface area contributed by atoms with Gasteiger partial charge in [0.15, 0.2) is 0 Å². The van der Waals surface area contributed by atoms with Crippen LogP contribution in [0.15, 0.2) is 23.4 Å². The lowest BCUT2D eigenvalue weighted by Gasteiger charge is -2.02. The van der Waals surface area contributed by atoms with E-state index in [1.165, 1.54) is 6.07 Å². The summed E-state index contributed by atoms with van der Waals surface area (Å²) in [5.74, 6) is -1.97. The van der Waals surface area contributed by atoms with Crippen LogP contribution in [0.3, 0.4) is 0 Å². The van der Waals surface area contributed by atoms with E-state index in [0.29, 0.717) is 6.21 Å². The fourth-order valence-electron chi connectivity index (χ4n) is 1.02. The monoisotopic (exact) mass is 227 g/mol. The first-order valence-corrected chi connectivity index (χ1v) is 3.97. The van der Waals surface area contributed by atoms with Crippen LogP contribution in [0.25, 0.3) is 0 Å². The SMILES string of the molecule is O=C(C=NO)Nc1cccc(F)c1[N+](=O)[O-]. The number of para-hydroxylation sites is 1. The van der Waals surface area contributed by atoms with Crippen molar-refractivity contribution in [3.8, 4) is 0 Å². The normalized spacial score (nSPS) is 10.3. The number of nitro benzene ring substituents is 1. The summed E-state index contributed by atoms with van der Waals surface area (Å²) in [4.78, 5) is 20.5. The molecule has 0 radical (unpaired) electrons. The number of hydrogen-bond acceptors (Lipinski definition) is 5. The third-order valence-electron chi connectivity index (χ3n) is 1.60. The molecule has 1 aromatic carbocycles. The molecule has 0 saturated carbocycles. The largest absolute Gasteiger partial charge is 0.411 e. The second-order valence-corrected chi connectivity index (χ2v) is 2.63. The zero-order valence-electron chi connectivity index (χ0n) is 7.75. The Balaban J connectivity index is 3.09. The summed E-state index contributed by atoms with van der Waals surface area (Å²) in [5.41, 5.74) is -1.16. The number of benzene rings is 1. The predicted molar refractivity (Wildman–Crippen MR) is 52.0 cm³/mol. The quantitative estimate of drug-likeness (QED) is 0.349. The van der Waals surface area contributed by atoms with Gasteiger partial charge >= 0.3 is 5.69 Å². The van der Waals surface area contributed by atoms with Crippen LogP contribution >= 0.6 is 0 Å². The Morgan fingerprint density at radius 1 is 1.62 bits per heavy atom. The number of anilines is 1. The van der Waals surface area contributed by atoms with Gasteiger partial charge < -0.3 is 10.5 Å². The summed E-state index contributed by atoms with van der Waals surface area (Å²) < 4.78 is 13.1. The Morgan fingerprint density at radius 2 is 2.31 bits per heavy atom. The molecule has 0 unspecified atom stereocenters. The molecule has 1 amide bonds. The molecular weight excluding hydrogens is 221 g/mol.